The maximum atomic E-state index is 11.7. The maximum absolute atomic E-state index is 11.7. The molecule has 4 nitrogen and oxygen atoms in total. The van der Waals surface area contributed by atoms with Gasteiger partial charge in [0.25, 0.3) is 0 Å². The number of rotatable bonds is 4. The molecule has 0 radical (unpaired) electrons. The first kappa shape index (κ1) is 14.8. The molecule has 0 spiro atoms. The first-order valence-electron chi connectivity index (χ1n) is 5.98. The summed E-state index contributed by atoms with van der Waals surface area (Å²) in [7, 11) is 1.55. The van der Waals surface area contributed by atoms with Gasteiger partial charge < -0.3 is 9.47 Å². The zero-order valence-electron chi connectivity index (χ0n) is 11.6. The van der Waals surface area contributed by atoms with Gasteiger partial charge in [0.1, 0.15) is 17.4 Å². The minimum Gasteiger partial charge on any atom is -0.496 e. The van der Waals surface area contributed by atoms with Crippen molar-refractivity contribution in [2.45, 2.75) is 20.8 Å². The van der Waals surface area contributed by atoms with E-state index in [9.17, 15) is 4.79 Å². The van der Waals surface area contributed by atoms with E-state index in [1.807, 2.05) is 31.2 Å². The van der Waals surface area contributed by atoms with Gasteiger partial charge in [0.05, 0.1) is 13.7 Å². The summed E-state index contributed by atoms with van der Waals surface area (Å²) in [5.41, 5.74) is 2.32. The van der Waals surface area contributed by atoms with E-state index in [1.54, 1.807) is 21.0 Å². The molecular formula is C15H17NO3. The number of aryl methyl sites for hydroxylation is 1. The molecule has 0 heterocycles. The second-order valence-electron chi connectivity index (χ2n) is 4.04. The van der Waals surface area contributed by atoms with Gasteiger partial charge in [0.2, 0.25) is 0 Å². The van der Waals surface area contributed by atoms with Gasteiger partial charge >= 0.3 is 5.97 Å². The second kappa shape index (κ2) is 6.60. The standard InChI is InChI=1S/C15H17NO3/c1-5-19-15(17)13(9-16)11(3)12-8-10(2)6-7-14(12)18-4/h6-8H,5H2,1-4H3/b13-11+. The number of ether oxygens (including phenoxy) is 2. The molecule has 0 saturated heterocycles. The van der Waals surface area contributed by atoms with Crippen molar-refractivity contribution in [3.05, 3.63) is 34.9 Å². The average molecular weight is 259 g/mol. The molecule has 19 heavy (non-hydrogen) atoms. The van der Waals surface area contributed by atoms with Gasteiger partial charge in [-0.2, -0.15) is 5.26 Å². The highest BCUT2D eigenvalue weighted by atomic mass is 16.5. The van der Waals surface area contributed by atoms with Crippen LogP contribution in [0.3, 0.4) is 0 Å². The number of carbonyl (C=O) groups is 1. The largest absolute Gasteiger partial charge is 0.496 e. The van der Waals surface area contributed by atoms with Gasteiger partial charge in [-0.1, -0.05) is 11.6 Å². The van der Waals surface area contributed by atoms with E-state index in [-0.39, 0.29) is 12.2 Å². The van der Waals surface area contributed by atoms with Crippen LogP contribution >= 0.6 is 0 Å². The zero-order valence-corrected chi connectivity index (χ0v) is 11.6. The number of nitriles is 1. The molecule has 100 valence electrons. The Labute approximate surface area is 113 Å². The van der Waals surface area contributed by atoms with Crippen molar-refractivity contribution in [3.8, 4) is 11.8 Å². The fraction of sp³-hybridized carbons (Fsp3) is 0.333. The Bertz CT molecular complexity index is 553. The minimum absolute atomic E-state index is 0.00532. The second-order valence-corrected chi connectivity index (χ2v) is 4.04. The molecule has 0 bridgehead atoms. The van der Waals surface area contributed by atoms with Crippen LogP contribution in [-0.4, -0.2) is 19.7 Å². The van der Waals surface area contributed by atoms with Crippen LogP contribution in [0.1, 0.15) is 25.0 Å². The highest BCUT2D eigenvalue weighted by Gasteiger charge is 2.17. The van der Waals surface area contributed by atoms with Crippen LogP contribution in [0.15, 0.2) is 23.8 Å². The molecule has 1 aromatic rings. The number of hydrogen-bond donors (Lipinski definition) is 0. The SMILES string of the molecule is CCOC(=O)/C(C#N)=C(\C)c1cc(C)ccc1OC. The minimum atomic E-state index is -0.606. The number of esters is 1. The Morgan fingerprint density at radius 1 is 1.42 bits per heavy atom. The number of methoxy groups -OCH3 is 1. The highest BCUT2D eigenvalue weighted by molar-refractivity contribution is 6.01. The quantitative estimate of drug-likeness (QED) is 0.474. The lowest BCUT2D eigenvalue weighted by Gasteiger charge is -2.11. The van der Waals surface area contributed by atoms with E-state index < -0.39 is 5.97 Å². The van der Waals surface area contributed by atoms with Crippen molar-refractivity contribution in [1.29, 1.82) is 5.26 Å². The molecule has 1 aromatic carbocycles. The van der Waals surface area contributed by atoms with Crippen LogP contribution < -0.4 is 4.74 Å². The number of benzene rings is 1. The predicted molar refractivity (Wildman–Crippen MR) is 72.6 cm³/mol. The Morgan fingerprint density at radius 2 is 2.11 bits per heavy atom. The molecule has 0 saturated carbocycles. The lowest BCUT2D eigenvalue weighted by molar-refractivity contribution is -0.137. The van der Waals surface area contributed by atoms with Gasteiger partial charge in [-0.25, -0.2) is 4.79 Å². The number of carbonyl (C=O) groups excluding carboxylic acids is 1. The Balaban J connectivity index is 3.37. The molecule has 0 aliphatic heterocycles. The monoisotopic (exact) mass is 259 g/mol. The number of allylic oxidation sites excluding steroid dienone is 1. The summed E-state index contributed by atoms with van der Waals surface area (Å²) >= 11 is 0. The topological polar surface area (TPSA) is 59.3 Å². The number of nitrogens with zero attached hydrogens (tertiary/aromatic N) is 1. The summed E-state index contributed by atoms with van der Waals surface area (Å²) in [6.45, 7) is 5.59. The zero-order chi connectivity index (χ0) is 14.4. The molecule has 0 aliphatic carbocycles. The van der Waals surface area contributed by atoms with Crippen molar-refractivity contribution in [2.24, 2.45) is 0 Å². The van der Waals surface area contributed by atoms with E-state index in [0.717, 1.165) is 11.1 Å². The first-order valence-corrected chi connectivity index (χ1v) is 5.98. The molecular weight excluding hydrogens is 242 g/mol. The van der Waals surface area contributed by atoms with Crippen molar-refractivity contribution in [1.82, 2.24) is 0 Å². The van der Waals surface area contributed by atoms with E-state index in [0.29, 0.717) is 11.3 Å². The Kier molecular flexibility index (Phi) is 5.13. The molecule has 0 N–H and O–H groups in total. The van der Waals surface area contributed by atoms with Gasteiger partial charge in [-0.15, -0.1) is 0 Å². The third kappa shape index (κ3) is 3.35. The van der Waals surface area contributed by atoms with Crippen LogP contribution in [0.2, 0.25) is 0 Å². The Hall–Kier alpha value is -2.28. The fourth-order valence-corrected chi connectivity index (χ4v) is 1.74. The molecule has 0 fully saturated rings. The lowest BCUT2D eigenvalue weighted by Crippen LogP contribution is -2.08. The third-order valence-electron chi connectivity index (χ3n) is 2.73. The van der Waals surface area contributed by atoms with Crippen LogP contribution in [-0.2, 0) is 9.53 Å². The normalized spacial score (nSPS) is 11.3. The predicted octanol–water partition coefficient (Wildman–Crippen LogP) is 2.86. The Morgan fingerprint density at radius 3 is 2.63 bits per heavy atom. The van der Waals surface area contributed by atoms with Crippen LogP contribution in [0.25, 0.3) is 5.57 Å². The van der Waals surface area contributed by atoms with E-state index in [4.69, 9.17) is 14.7 Å². The first-order chi connectivity index (χ1) is 9.04. The number of hydrogen-bond acceptors (Lipinski definition) is 4. The van der Waals surface area contributed by atoms with Crippen molar-refractivity contribution in [2.75, 3.05) is 13.7 Å². The summed E-state index contributed by atoms with van der Waals surface area (Å²) < 4.78 is 10.1. The molecule has 0 aromatic heterocycles. The summed E-state index contributed by atoms with van der Waals surface area (Å²) in [5.74, 6) is 0.0196. The van der Waals surface area contributed by atoms with Crippen molar-refractivity contribution < 1.29 is 14.3 Å². The molecule has 0 atom stereocenters. The van der Waals surface area contributed by atoms with E-state index >= 15 is 0 Å². The smallest absolute Gasteiger partial charge is 0.349 e. The van der Waals surface area contributed by atoms with Crippen molar-refractivity contribution in [3.63, 3.8) is 0 Å². The summed E-state index contributed by atoms with van der Waals surface area (Å²) in [6.07, 6.45) is 0. The molecule has 1 rings (SSSR count). The summed E-state index contributed by atoms with van der Waals surface area (Å²) in [4.78, 5) is 11.7. The van der Waals surface area contributed by atoms with Gasteiger partial charge in [-0.3, -0.25) is 0 Å². The van der Waals surface area contributed by atoms with Gasteiger partial charge in [-0.05, 0) is 38.5 Å². The van der Waals surface area contributed by atoms with Gasteiger partial charge in [0.15, 0.2) is 0 Å². The highest BCUT2D eigenvalue weighted by Crippen LogP contribution is 2.29. The lowest BCUT2D eigenvalue weighted by atomic mass is 9.99. The molecule has 0 aliphatic rings. The maximum Gasteiger partial charge on any atom is 0.349 e. The van der Waals surface area contributed by atoms with Crippen molar-refractivity contribution >= 4 is 11.5 Å². The summed E-state index contributed by atoms with van der Waals surface area (Å²) in [5, 5.41) is 9.14. The van der Waals surface area contributed by atoms with Gasteiger partial charge in [0, 0.05) is 5.56 Å². The van der Waals surface area contributed by atoms with Crippen LogP contribution in [0, 0.1) is 18.3 Å². The van der Waals surface area contributed by atoms with Crippen LogP contribution in [0.5, 0.6) is 5.75 Å². The molecule has 0 unspecified atom stereocenters. The third-order valence-corrected chi connectivity index (χ3v) is 2.73. The van der Waals surface area contributed by atoms with E-state index in [1.165, 1.54) is 0 Å². The van der Waals surface area contributed by atoms with E-state index in [2.05, 4.69) is 0 Å². The van der Waals surface area contributed by atoms with Crippen LogP contribution in [0.4, 0.5) is 0 Å². The molecule has 4 heteroatoms. The average Bonchev–Trinajstić information content (AvgIpc) is 2.39. The summed E-state index contributed by atoms with van der Waals surface area (Å²) in [6, 6.07) is 7.51. The molecule has 0 amide bonds. The fourth-order valence-electron chi connectivity index (χ4n) is 1.74.